The van der Waals surface area contributed by atoms with E-state index < -0.39 is 26.6 Å². The lowest BCUT2D eigenvalue weighted by molar-refractivity contribution is 0.0697. The molecule has 1 atom stereocenters. The number of carboxylic acid groups (broad SMARTS) is 1. The van der Waals surface area contributed by atoms with Gasteiger partial charge in [-0.25, -0.2) is 13.2 Å². The van der Waals surface area contributed by atoms with E-state index in [1.807, 2.05) is 0 Å². The molecule has 0 bridgehead atoms. The van der Waals surface area contributed by atoms with Crippen LogP contribution in [-0.2, 0) is 20.6 Å². The maximum absolute atomic E-state index is 11.8. The summed E-state index contributed by atoms with van der Waals surface area (Å²) in [7, 11) is -4.76. The number of benzene rings is 1. The quantitative estimate of drug-likeness (QED) is 0.882. The second-order valence-electron chi connectivity index (χ2n) is 3.63. The van der Waals surface area contributed by atoms with E-state index >= 15 is 0 Å². The summed E-state index contributed by atoms with van der Waals surface area (Å²) < 4.78 is 33.7. The molecular weight excluding hydrogens is 300 g/mol. The first-order valence-electron chi connectivity index (χ1n) is 4.79. The number of carboxylic acids is 1. The van der Waals surface area contributed by atoms with Crippen LogP contribution in [0.15, 0.2) is 23.1 Å². The van der Waals surface area contributed by atoms with E-state index in [9.17, 15) is 17.4 Å². The second-order valence-corrected chi connectivity index (χ2v) is 7.86. The Morgan fingerprint density at radius 1 is 1.44 bits per heavy atom. The molecule has 0 spiro atoms. The van der Waals surface area contributed by atoms with Crippen molar-refractivity contribution in [3.8, 4) is 0 Å². The third kappa shape index (κ3) is 4.40. The van der Waals surface area contributed by atoms with Crippen molar-refractivity contribution in [2.75, 3.05) is 17.8 Å². The maximum atomic E-state index is 11.8. The molecular formula is C10H11ClO5S2. The monoisotopic (exact) mass is 310 g/mol. The molecule has 1 unspecified atom stereocenters. The molecule has 1 aromatic carbocycles. The van der Waals surface area contributed by atoms with Crippen LogP contribution in [0.25, 0.3) is 0 Å². The van der Waals surface area contributed by atoms with Gasteiger partial charge in [0.15, 0.2) is 0 Å². The highest BCUT2D eigenvalue weighted by Crippen LogP contribution is 2.19. The highest BCUT2D eigenvalue weighted by atomic mass is 35.5. The largest absolute Gasteiger partial charge is 0.478 e. The smallest absolute Gasteiger partial charge is 0.337 e. The molecule has 1 rings (SSSR count). The summed E-state index contributed by atoms with van der Waals surface area (Å²) in [5.41, 5.74) is -0.151. The number of carbonyl (C=O) groups is 1. The van der Waals surface area contributed by atoms with Crippen LogP contribution in [0.2, 0.25) is 5.02 Å². The summed E-state index contributed by atoms with van der Waals surface area (Å²) in [5, 5.41) is 8.90. The minimum Gasteiger partial charge on any atom is -0.478 e. The fourth-order valence-electron chi connectivity index (χ4n) is 1.15. The molecule has 0 aromatic heterocycles. The molecule has 0 aliphatic rings. The molecule has 0 aliphatic heterocycles. The van der Waals surface area contributed by atoms with Crippen molar-refractivity contribution in [1.29, 1.82) is 0 Å². The first-order valence-corrected chi connectivity index (χ1v) is 8.55. The Kier molecular flexibility index (Phi) is 4.89. The highest BCUT2D eigenvalue weighted by molar-refractivity contribution is 7.92. The summed E-state index contributed by atoms with van der Waals surface area (Å²) in [6.07, 6.45) is 1.05. The Balaban J connectivity index is 2.94. The van der Waals surface area contributed by atoms with E-state index in [0.29, 0.717) is 0 Å². The normalized spacial score (nSPS) is 13.2. The van der Waals surface area contributed by atoms with Crippen LogP contribution in [-0.4, -0.2) is 41.5 Å². The van der Waals surface area contributed by atoms with E-state index in [2.05, 4.69) is 0 Å². The molecule has 0 saturated carbocycles. The molecule has 0 aliphatic carbocycles. The van der Waals surface area contributed by atoms with Gasteiger partial charge in [-0.1, -0.05) is 11.6 Å². The molecule has 5 nitrogen and oxygen atoms in total. The summed E-state index contributed by atoms with van der Waals surface area (Å²) in [6.45, 7) is 0. The molecule has 0 amide bonds. The first kappa shape index (κ1) is 15.1. The van der Waals surface area contributed by atoms with Gasteiger partial charge in [0, 0.05) is 16.9 Å². The van der Waals surface area contributed by atoms with Gasteiger partial charge in [0.1, 0.15) is 9.84 Å². The number of sulfone groups is 1. The van der Waals surface area contributed by atoms with E-state index in [4.69, 9.17) is 16.7 Å². The molecule has 18 heavy (non-hydrogen) atoms. The maximum Gasteiger partial charge on any atom is 0.337 e. The van der Waals surface area contributed by atoms with Crippen molar-refractivity contribution in [1.82, 2.24) is 0 Å². The van der Waals surface area contributed by atoms with Crippen molar-refractivity contribution in [3.63, 3.8) is 0 Å². The topological polar surface area (TPSA) is 88.5 Å². The number of aromatic carboxylic acids is 1. The predicted octanol–water partition coefficient (Wildman–Crippen LogP) is 1.19. The Hall–Kier alpha value is -0.920. The Morgan fingerprint density at radius 3 is 2.56 bits per heavy atom. The zero-order valence-corrected chi connectivity index (χ0v) is 11.8. The SMILES string of the molecule is CS(=O)(=O)CCS(=O)c1ccc(Cl)c(C(=O)O)c1. The lowest BCUT2D eigenvalue weighted by Crippen LogP contribution is -2.12. The van der Waals surface area contributed by atoms with E-state index in [1.165, 1.54) is 18.2 Å². The fraction of sp³-hybridized carbons (Fsp3) is 0.300. The fourth-order valence-corrected chi connectivity index (χ4v) is 3.87. The van der Waals surface area contributed by atoms with Gasteiger partial charge < -0.3 is 5.11 Å². The van der Waals surface area contributed by atoms with Crippen molar-refractivity contribution in [2.24, 2.45) is 0 Å². The summed E-state index contributed by atoms with van der Waals surface area (Å²) in [4.78, 5) is 11.1. The van der Waals surface area contributed by atoms with Gasteiger partial charge in [0.05, 0.1) is 27.1 Å². The zero-order valence-electron chi connectivity index (χ0n) is 9.42. The van der Waals surface area contributed by atoms with Gasteiger partial charge in [-0.2, -0.15) is 0 Å². The lowest BCUT2D eigenvalue weighted by atomic mass is 10.2. The van der Waals surface area contributed by atoms with Gasteiger partial charge in [-0.15, -0.1) is 0 Å². The third-order valence-corrected chi connectivity index (χ3v) is 4.96. The molecule has 1 aromatic rings. The summed E-state index contributed by atoms with van der Waals surface area (Å²) >= 11 is 5.67. The van der Waals surface area contributed by atoms with Crippen LogP contribution in [0.3, 0.4) is 0 Å². The van der Waals surface area contributed by atoms with E-state index in [-0.39, 0.29) is 27.0 Å². The van der Waals surface area contributed by atoms with Crippen LogP contribution in [0.4, 0.5) is 0 Å². The number of rotatable bonds is 5. The Labute approximate surface area is 112 Å². The molecule has 100 valence electrons. The van der Waals surface area contributed by atoms with Gasteiger partial charge in [0.25, 0.3) is 0 Å². The summed E-state index contributed by atoms with van der Waals surface area (Å²) in [5.74, 6) is -1.51. The highest BCUT2D eigenvalue weighted by Gasteiger charge is 2.14. The zero-order chi connectivity index (χ0) is 13.9. The van der Waals surface area contributed by atoms with E-state index in [1.54, 1.807) is 0 Å². The standard InChI is InChI=1S/C10H11ClO5S2/c1-18(15,16)5-4-17(14)7-2-3-9(11)8(6-7)10(12)13/h2-3,6H,4-5H2,1H3,(H,12,13). The second kappa shape index (κ2) is 5.81. The van der Waals surface area contributed by atoms with Crippen molar-refractivity contribution in [2.45, 2.75) is 4.90 Å². The minimum absolute atomic E-state index is 0.0476. The third-order valence-electron chi connectivity index (χ3n) is 2.07. The van der Waals surface area contributed by atoms with E-state index in [0.717, 1.165) is 6.26 Å². The predicted molar refractivity (Wildman–Crippen MR) is 69.4 cm³/mol. The Bertz CT molecular complexity index is 594. The van der Waals surface area contributed by atoms with Gasteiger partial charge in [-0.3, -0.25) is 4.21 Å². The Morgan fingerprint density at radius 2 is 2.06 bits per heavy atom. The van der Waals surface area contributed by atoms with Crippen molar-refractivity contribution < 1.29 is 22.5 Å². The van der Waals surface area contributed by atoms with Crippen molar-refractivity contribution in [3.05, 3.63) is 28.8 Å². The molecule has 0 fully saturated rings. The lowest BCUT2D eigenvalue weighted by Gasteiger charge is -2.04. The molecule has 0 radical (unpaired) electrons. The number of hydrogen-bond donors (Lipinski definition) is 1. The van der Waals surface area contributed by atoms with Gasteiger partial charge in [0.2, 0.25) is 0 Å². The number of halogens is 1. The molecule has 0 saturated heterocycles. The van der Waals surface area contributed by atoms with Crippen LogP contribution >= 0.6 is 11.6 Å². The van der Waals surface area contributed by atoms with Crippen LogP contribution in [0.1, 0.15) is 10.4 Å². The molecule has 1 N–H and O–H groups in total. The first-order chi connectivity index (χ1) is 8.20. The molecule has 8 heteroatoms. The average molecular weight is 311 g/mol. The minimum atomic E-state index is -3.20. The van der Waals surface area contributed by atoms with Crippen LogP contribution in [0.5, 0.6) is 0 Å². The average Bonchev–Trinajstić information content (AvgIpc) is 2.25. The van der Waals surface area contributed by atoms with Gasteiger partial charge >= 0.3 is 5.97 Å². The summed E-state index contributed by atoms with van der Waals surface area (Å²) in [6, 6.07) is 3.95. The van der Waals surface area contributed by atoms with Crippen LogP contribution < -0.4 is 0 Å². The van der Waals surface area contributed by atoms with Gasteiger partial charge in [-0.05, 0) is 18.2 Å². The van der Waals surface area contributed by atoms with Crippen LogP contribution in [0, 0.1) is 0 Å². The van der Waals surface area contributed by atoms with Crippen molar-refractivity contribution >= 4 is 38.2 Å². The molecule has 0 heterocycles. The number of hydrogen-bond acceptors (Lipinski definition) is 4.